The van der Waals surface area contributed by atoms with Crippen molar-refractivity contribution in [2.45, 2.75) is 38.1 Å². The smallest absolute Gasteiger partial charge is 0.0949 e. The van der Waals surface area contributed by atoms with Gasteiger partial charge in [-0.1, -0.05) is 12.8 Å². The molecule has 2 rings (SSSR count). The van der Waals surface area contributed by atoms with Crippen molar-refractivity contribution < 1.29 is 0 Å². The first-order chi connectivity index (χ1) is 6.33. The van der Waals surface area contributed by atoms with Gasteiger partial charge < -0.3 is 10.3 Å². The molecule has 0 saturated heterocycles. The van der Waals surface area contributed by atoms with Crippen LogP contribution in [-0.4, -0.2) is 9.55 Å². The highest BCUT2D eigenvalue weighted by Crippen LogP contribution is 2.34. The van der Waals surface area contributed by atoms with Crippen molar-refractivity contribution in [2.24, 2.45) is 12.8 Å². The molecule has 72 valence electrons. The van der Waals surface area contributed by atoms with E-state index in [1.54, 1.807) is 0 Å². The fourth-order valence-corrected chi connectivity index (χ4v) is 2.26. The molecule has 0 unspecified atom stereocenters. The highest BCUT2D eigenvalue weighted by Gasteiger charge is 2.22. The van der Waals surface area contributed by atoms with E-state index in [1.165, 1.54) is 37.1 Å². The van der Waals surface area contributed by atoms with Crippen LogP contribution in [0.1, 0.15) is 43.0 Å². The van der Waals surface area contributed by atoms with Crippen LogP contribution in [0.15, 0.2) is 6.33 Å². The van der Waals surface area contributed by atoms with Crippen molar-refractivity contribution in [3.63, 3.8) is 0 Å². The van der Waals surface area contributed by atoms with E-state index in [0.29, 0.717) is 12.5 Å². The fourth-order valence-electron chi connectivity index (χ4n) is 2.26. The molecule has 1 aromatic rings. The molecular formula is C10H17N3. The summed E-state index contributed by atoms with van der Waals surface area (Å²) in [6.45, 7) is 0.613. The van der Waals surface area contributed by atoms with Crippen LogP contribution in [0.5, 0.6) is 0 Å². The number of aromatic nitrogens is 2. The summed E-state index contributed by atoms with van der Waals surface area (Å²) in [5.74, 6) is 0.680. The van der Waals surface area contributed by atoms with Gasteiger partial charge in [0.25, 0.3) is 0 Å². The van der Waals surface area contributed by atoms with Crippen molar-refractivity contribution in [2.75, 3.05) is 0 Å². The lowest BCUT2D eigenvalue weighted by atomic mass is 10.0. The van der Waals surface area contributed by atoms with Crippen molar-refractivity contribution in [3.05, 3.63) is 17.7 Å². The van der Waals surface area contributed by atoms with Gasteiger partial charge in [-0.25, -0.2) is 4.98 Å². The maximum atomic E-state index is 5.70. The SMILES string of the molecule is Cn1cnc(C2CCCC2)c1CN. The second kappa shape index (κ2) is 3.50. The van der Waals surface area contributed by atoms with Crippen LogP contribution in [0.25, 0.3) is 0 Å². The molecule has 3 nitrogen and oxygen atoms in total. The summed E-state index contributed by atoms with van der Waals surface area (Å²) >= 11 is 0. The zero-order valence-electron chi connectivity index (χ0n) is 8.16. The van der Waals surface area contributed by atoms with Gasteiger partial charge in [-0.05, 0) is 12.8 Å². The molecule has 1 aromatic heterocycles. The Balaban J connectivity index is 2.27. The third-order valence-electron chi connectivity index (χ3n) is 3.03. The largest absolute Gasteiger partial charge is 0.336 e. The predicted octanol–water partition coefficient (Wildman–Crippen LogP) is 1.54. The molecule has 0 bridgehead atoms. The molecule has 0 aromatic carbocycles. The molecule has 0 radical (unpaired) electrons. The van der Waals surface area contributed by atoms with E-state index in [9.17, 15) is 0 Å². The van der Waals surface area contributed by atoms with Crippen LogP contribution >= 0.6 is 0 Å². The average Bonchev–Trinajstić information content (AvgIpc) is 2.71. The molecule has 0 atom stereocenters. The molecule has 1 aliphatic carbocycles. The predicted molar refractivity (Wildman–Crippen MR) is 52.3 cm³/mol. The van der Waals surface area contributed by atoms with Gasteiger partial charge in [0.15, 0.2) is 0 Å². The summed E-state index contributed by atoms with van der Waals surface area (Å²) in [6, 6.07) is 0. The van der Waals surface area contributed by atoms with Gasteiger partial charge in [0, 0.05) is 19.5 Å². The Labute approximate surface area is 79.0 Å². The van der Waals surface area contributed by atoms with Gasteiger partial charge in [-0.3, -0.25) is 0 Å². The number of nitrogens with two attached hydrogens (primary N) is 1. The topological polar surface area (TPSA) is 43.8 Å². The highest BCUT2D eigenvalue weighted by molar-refractivity contribution is 5.18. The lowest BCUT2D eigenvalue weighted by molar-refractivity contribution is 0.683. The third kappa shape index (κ3) is 1.48. The molecule has 13 heavy (non-hydrogen) atoms. The van der Waals surface area contributed by atoms with Crippen LogP contribution in [0.3, 0.4) is 0 Å². The fraction of sp³-hybridized carbons (Fsp3) is 0.700. The van der Waals surface area contributed by atoms with E-state index in [2.05, 4.69) is 4.98 Å². The molecular weight excluding hydrogens is 162 g/mol. The Kier molecular flexibility index (Phi) is 2.36. The first kappa shape index (κ1) is 8.75. The van der Waals surface area contributed by atoms with Gasteiger partial charge >= 0.3 is 0 Å². The maximum Gasteiger partial charge on any atom is 0.0949 e. The zero-order valence-corrected chi connectivity index (χ0v) is 8.16. The molecule has 1 aliphatic rings. The van der Waals surface area contributed by atoms with Crippen molar-refractivity contribution in [1.82, 2.24) is 9.55 Å². The summed E-state index contributed by atoms with van der Waals surface area (Å²) in [4.78, 5) is 4.45. The van der Waals surface area contributed by atoms with Crippen molar-refractivity contribution in [3.8, 4) is 0 Å². The monoisotopic (exact) mass is 179 g/mol. The minimum atomic E-state index is 0.613. The molecule has 1 fully saturated rings. The standard InChI is InChI=1S/C10H17N3/c1-13-7-12-10(9(13)6-11)8-4-2-3-5-8/h7-8H,2-6,11H2,1H3. The lowest BCUT2D eigenvalue weighted by Gasteiger charge is -2.08. The van der Waals surface area contributed by atoms with Crippen molar-refractivity contribution in [1.29, 1.82) is 0 Å². The van der Waals surface area contributed by atoms with Gasteiger partial charge in [0.1, 0.15) is 0 Å². The molecule has 2 N–H and O–H groups in total. The van der Waals surface area contributed by atoms with Crippen LogP contribution in [-0.2, 0) is 13.6 Å². The molecule has 0 amide bonds. The first-order valence-corrected chi connectivity index (χ1v) is 5.03. The van der Waals surface area contributed by atoms with Crippen LogP contribution in [0, 0.1) is 0 Å². The normalized spacial score (nSPS) is 18.3. The number of nitrogens with zero attached hydrogens (tertiary/aromatic N) is 2. The summed E-state index contributed by atoms with van der Waals surface area (Å²) < 4.78 is 2.05. The summed E-state index contributed by atoms with van der Waals surface area (Å²) in [6.07, 6.45) is 7.18. The lowest BCUT2D eigenvalue weighted by Crippen LogP contribution is -2.07. The Morgan fingerprint density at radius 3 is 2.85 bits per heavy atom. The number of rotatable bonds is 2. The van der Waals surface area contributed by atoms with Crippen molar-refractivity contribution >= 4 is 0 Å². The number of hydrogen-bond donors (Lipinski definition) is 1. The van der Waals surface area contributed by atoms with E-state index in [1.807, 2.05) is 17.9 Å². The second-order valence-electron chi connectivity index (χ2n) is 3.87. The molecule has 3 heteroatoms. The van der Waals surface area contributed by atoms with Gasteiger partial charge in [-0.2, -0.15) is 0 Å². The van der Waals surface area contributed by atoms with E-state index in [4.69, 9.17) is 5.73 Å². The number of imidazole rings is 1. The third-order valence-corrected chi connectivity index (χ3v) is 3.03. The van der Waals surface area contributed by atoms with E-state index in [-0.39, 0.29) is 0 Å². The zero-order chi connectivity index (χ0) is 9.26. The van der Waals surface area contributed by atoms with Crippen LogP contribution < -0.4 is 5.73 Å². The Bertz CT molecular complexity index is 284. The second-order valence-corrected chi connectivity index (χ2v) is 3.87. The molecule has 1 heterocycles. The van der Waals surface area contributed by atoms with E-state index in [0.717, 1.165) is 0 Å². The van der Waals surface area contributed by atoms with E-state index < -0.39 is 0 Å². The summed E-state index contributed by atoms with van der Waals surface area (Å²) in [5.41, 5.74) is 8.17. The quantitative estimate of drug-likeness (QED) is 0.748. The summed E-state index contributed by atoms with van der Waals surface area (Å²) in [7, 11) is 2.02. The van der Waals surface area contributed by atoms with E-state index >= 15 is 0 Å². The summed E-state index contributed by atoms with van der Waals surface area (Å²) in [5, 5.41) is 0. The first-order valence-electron chi connectivity index (χ1n) is 5.03. The van der Waals surface area contributed by atoms with Crippen LogP contribution in [0.4, 0.5) is 0 Å². The molecule has 1 saturated carbocycles. The van der Waals surface area contributed by atoms with Crippen LogP contribution in [0.2, 0.25) is 0 Å². The Morgan fingerprint density at radius 2 is 2.23 bits per heavy atom. The Hall–Kier alpha value is -0.830. The van der Waals surface area contributed by atoms with Gasteiger partial charge in [0.2, 0.25) is 0 Å². The van der Waals surface area contributed by atoms with Gasteiger partial charge in [-0.15, -0.1) is 0 Å². The average molecular weight is 179 g/mol. The maximum absolute atomic E-state index is 5.70. The molecule has 0 aliphatic heterocycles. The molecule has 0 spiro atoms. The highest BCUT2D eigenvalue weighted by atomic mass is 15.0. The number of hydrogen-bond acceptors (Lipinski definition) is 2. The Morgan fingerprint density at radius 1 is 1.54 bits per heavy atom. The minimum absolute atomic E-state index is 0.613. The minimum Gasteiger partial charge on any atom is -0.336 e. The van der Waals surface area contributed by atoms with Gasteiger partial charge in [0.05, 0.1) is 17.7 Å². The number of aryl methyl sites for hydroxylation is 1.